The SMILES string of the molecule is O=C(c1ccnc2ccccc12)N(CCCc1ccccc1)Cc1ncc[nH]1. The summed E-state index contributed by atoms with van der Waals surface area (Å²) in [6.07, 6.45) is 7.01. The molecule has 0 unspecified atom stereocenters. The first kappa shape index (κ1) is 17.9. The van der Waals surface area contributed by atoms with Crippen LogP contribution in [0.1, 0.15) is 28.2 Å². The van der Waals surface area contributed by atoms with Gasteiger partial charge in [0.1, 0.15) is 5.82 Å². The fraction of sp³-hybridized carbons (Fsp3) is 0.174. The Balaban J connectivity index is 1.56. The van der Waals surface area contributed by atoms with E-state index < -0.39 is 0 Å². The maximum Gasteiger partial charge on any atom is 0.255 e. The number of aryl methyl sites for hydroxylation is 1. The molecule has 4 aromatic rings. The van der Waals surface area contributed by atoms with Gasteiger partial charge in [0.15, 0.2) is 0 Å². The molecule has 0 radical (unpaired) electrons. The van der Waals surface area contributed by atoms with Gasteiger partial charge in [0.05, 0.1) is 17.6 Å². The third kappa shape index (κ3) is 4.09. The third-order valence-electron chi connectivity index (χ3n) is 4.80. The van der Waals surface area contributed by atoms with Crippen LogP contribution in [0.2, 0.25) is 0 Å². The van der Waals surface area contributed by atoms with Gasteiger partial charge in [-0.1, -0.05) is 48.5 Å². The summed E-state index contributed by atoms with van der Waals surface area (Å²) in [7, 11) is 0. The zero-order valence-electron chi connectivity index (χ0n) is 15.6. The van der Waals surface area contributed by atoms with Gasteiger partial charge in [-0.15, -0.1) is 0 Å². The Kier molecular flexibility index (Phi) is 5.43. The average Bonchev–Trinajstić information content (AvgIpc) is 3.26. The number of pyridine rings is 1. The minimum absolute atomic E-state index is 0.00283. The van der Waals surface area contributed by atoms with Crippen molar-refractivity contribution in [3.05, 3.63) is 96.2 Å². The first-order valence-electron chi connectivity index (χ1n) is 9.46. The van der Waals surface area contributed by atoms with E-state index in [2.05, 4.69) is 27.1 Å². The van der Waals surface area contributed by atoms with Crippen LogP contribution in [0.4, 0.5) is 0 Å². The number of carbonyl (C=O) groups excluding carboxylic acids is 1. The highest BCUT2D eigenvalue weighted by atomic mass is 16.2. The molecular weight excluding hydrogens is 348 g/mol. The molecule has 0 saturated carbocycles. The Labute approximate surface area is 164 Å². The largest absolute Gasteiger partial charge is 0.347 e. The molecule has 140 valence electrons. The molecule has 0 aliphatic rings. The number of para-hydroxylation sites is 1. The summed E-state index contributed by atoms with van der Waals surface area (Å²) < 4.78 is 0. The molecule has 1 amide bonds. The summed E-state index contributed by atoms with van der Waals surface area (Å²) in [6, 6.07) is 19.9. The Hall–Kier alpha value is -3.47. The first-order chi connectivity index (χ1) is 13.8. The standard InChI is InChI=1S/C23H22N4O/c28-23(20-12-13-24-21-11-5-4-10-19(20)21)27(17-22-25-14-15-26-22)16-6-9-18-7-2-1-3-8-18/h1-5,7-8,10-15H,6,9,16-17H2,(H,25,26). The number of nitrogens with zero attached hydrogens (tertiary/aromatic N) is 3. The number of rotatable bonds is 7. The van der Waals surface area contributed by atoms with Gasteiger partial charge in [-0.25, -0.2) is 4.98 Å². The summed E-state index contributed by atoms with van der Waals surface area (Å²) >= 11 is 0. The van der Waals surface area contributed by atoms with Crippen LogP contribution in [0.25, 0.3) is 10.9 Å². The van der Waals surface area contributed by atoms with E-state index in [1.165, 1.54) is 5.56 Å². The number of fused-ring (bicyclic) bond motifs is 1. The Morgan fingerprint density at radius 2 is 1.75 bits per heavy atom. The van der Waals surface area contributed by atoms with Crippen LogP contribution in [0.3, 0.4) is 0 Å². The van der Waals surface area contributed by atoms with Crippen molar-refractivity contribution in [2.75, 3.05) is 6.54 Å². The van der Waals surface area contributed by atoms with E-state index >= 15 is 0 Å². The zero-order chi connectivity index (χ0) is 19.2. The second-order valence-electron chi connectivity index (χ2n) is 6.73. The lowest BCUT2D eigenvalue weighted by molar-refractivity contribution is 0.0739. The Morgan fingerprint density at radius 3 is 2.57 bits per heavy atom. The zero-order valence-corrected chi connectivity index (χ0v) is 15.6. The van der Waals surface area contributed by atoms with Crippen LogP contribution in [0, 0.1) is 0 Å². The van der Waals surface area contributed by atoms with Crippen molar-refractivity contribution in [2.24, 2.45) is 0 Å². The molecule has 5 heteroatoms. The summed E-state index contributed by atoms with van der Waals surface area (Å²) in [6.45, 7) is 1.11. The van der Waals surface area contributed by atoms with E-state index in [1.54, 1.807) is 24.7 Å². The molecule has 0 saturated heterocycles. The monoisotopic (exact) mass is 370 g/mol. The molecule has 1 N–H and O–H groups in total. The number of imidazole rings is 1. The lowest BCUT2D eigenvalue weighted by Gasteiger charge is -2.22. The number of hydrogen-bond acceptors (Lipinski definition) is 3. The molecule has 0 atom stereocenters. The van der Waals surface area contributed by atoms with Crippen molar-refractivity contribution < 1.29 is 4.79 Å². The average molecular weight is 370 g/mol. The molecular formula is C23H22N4O. The van der Waals surface area contributed by atoms with Crippen molar-refractivity contribution in [3.8, 4) is 0 Å². The Bertz CT molecular complexity index is 1040. The highest BCUT2D eigenvalue weighted by Gasteiger charge is 2.19. The summed E-state index contributed by atoms with van der Waals surface area (Å²) in [5.41, 5.74) is 2.79. The normalized spacial score (nSPS) is 10.9. The van der Waals surface area contributed by atoms with Gasteiger partial charge < -0.3 is 9.88 Å². The lowest BCUT2D eigenvalue weighted by Crippen LogP contribution is -2.32. The Morgan fingerprint density at radius 1 is 0.929 bits per heavy atom. The molecule has 0 bridgehead atoms. The molecule has 4 rings (SSSR count). The summed E-state index contributed by atoms with van der Waals surface area (Å²) in [4.78, 5) is 27.0. The van der Waals surface area contributed by atoms with Gasteiger partial charge in [-0.2, -0.15) is 0 Å². The van der Waals surface area contributed by atoms with E-state index in [0.29, 0.717) is 18.7 Å². The number of benzene rings is 2. The van der Waals surface area contributed by atoms with Crippen LogP contribution < -0.4 is 0 Å². The van der Waals surface area contributed by atoms with Crippen LogP contribution >= 0.6 is 0 Å². The quantitative estimate of drug-likeness (QED) is 0.529. The van der Waals surface area contributed by atoms with Crippen LogP contribution in [0.5, 0.6) is 0 Å². The van der Waals surface area contributed by atoms with Gasteiger partial charge in [-0.3, -0.25) is 9.78 Å². The smallest absolute Gasteiger partial charge is 0.255 e. The maximum atomic E-state index is 13.4. The molecule has 0 aliphatic heterocycles. The van der Waals surface area contributed by atoms with Gasteiger partial charge in [0, 0.05) is 30.5 Å². The second kappa shape index (κ2) is 8.48. The van der Waals surface area contributed by atoms with Crippen molar-refractivity contribution in [2.45, 2.75) is 19.4 Å². The van der Waals surface area contributed by atoms with E-state index in [1.807, 2.05) is 47.4 Å². The summed E-state index contributed by atoms with van der Waals surface area (Å²) in [5, 5.41) is 0.877. The lowest BCUT2D eigenvalue weighted by atomic mass is 10.1. The number of nitrogens with one attached hydrogen (secondary N) is 1. The molecule has 0 fully saturated rings. The number of amides is 1. The highest BCUT2D eigenvalue weighted by molar-refractivity contribution is 6.05. The van der Waals surface area contributed by atoms with Gasteiger partial charge in [-0.05, 0) is 30.5 Å². The van der Waals surface area contributed by atoms with Crippen LogP contribution in [-0.2, 0) is 13.0 Å². The fourth-order valence-electron chi connectivity index (χ4n) is 3.39. The van der Waals surface area contributed by atoms with Gasteiger partial charge >= 0.3 is 0 Å². The van der Waals surface area contributed by atoms with Gasteiger partial charge in [0.2, 0.25) is 0 Å². The number of aromatic nitrogens is 3. The van der Waals surface area contributed by atoms with E-state index in [0.717, 1.165) is 29.6 Å². The molecule has 2 aromatic heterocycles. The minimum atomic E-state index is 0.00283. The molecule has 5 nitrogen and oxygen atoms in total. The fourth-order valence-corrected chi connectivity index (χ4v) is 3.39. The predicted molar refractivity (Wildman–Crippen MR) is 110 cm³/mol. The minimum Gasteiger partial charge on any atom is -0.347 e. The maximum absolute atomic E-state index is 13.4. The van der Waals surface area contributed by atoms with Crippen LogP contribution in [-0.4, -0.2) is 32.3 Å². The number of carbonyl (C=O) groups is 1. The van der Waals surface area contributed by atoms with Crippen LogP contribution in [0.15, 0.2) is 79.3 Å². The van der Waals surface area contributed by atoms with Crippen molar-refractivity contribution in [1.29, 1.82) is 0 Å². The van der Waals surface area contributed by atoms with E-state index in [4.69, 9.17) is 0 Å². The number of hydrogen-bond donors (Lipinski definition) is 1. The molecule has 2 heterocycles. The second-order valence-corrected chi connectivity index (χ2v) is 6.73. The third-order valence-corrected chi connectivity index (χ3v) is 4.80. The molecule has 2 aromatic carbocycles. The van der Waals surface area contributed by atoms with Crippen molar-refractivity contribution in [1.82, 2.24) is 19.9 Å². The topological polar surface area (TPSA) is 61.9 Å². The number of aromatic amines is 1. The van der Waals surface area contributed by atoms with E-state index in [9.17, 15) is 4.79 Å². The molecule has 0 aliphatic carbocycles. The highest BCUT2D eigenvalue weighted by Crippen LogP contribution is 2.19. The predicted octanol–water partition coefficient (Wildman–Crippen LogP) is 4.23. The summed E-state index contributed by atoms with van der Waals surface area (Å²) in [5.74, 6) is 0.787. The molecule has 28 heavy (non-hydrogen) atoms. The first-order valence-corrected chi connectivity index (χ1v) is 9.46. The van der Waals surface area contributed by atoms with E-state index in [-0.39, 0.29) is 5.91 Å². The van der Waals surface area contributed by atoms with Crippen molar-refractivity contribution in [3.63, 3.8) is 0 Å². The van der Waals surface area contributed by atoms with Gasteiger partial charge in [0.25, 0.3) is 5.91 Å². The molecule has 0 spiro atoms. The van der Waals surface area contributed by atoms with Crippen molar-refractivity contribution >= 4 is 16.8 Å². The number of H-pyrrole nitrogens is 1.